The highest BCUT2D eigenvalue weighted by atomic mass is 35.5. The Balaban J connectivity index is 2.18. The number of nitrogens with zero attached hydrogens (tertiary/aromatic N) is 3. The number of ether oxygens (including phenoxy) is 1. The van der Waals surface area contributed by atoms with Gasteiger partial charge in [-0.3, -0.25) is 0 Å². The molecule has 0 aliphatic heterocycles. The summed E-state index contributed by atoms with van der Waals surface area (Å²) in [7, 11) is 0. The van der Waals surface area contributed by atoms with Crippen LogP contribution in [-0.4, -0.2) is 15.3 Å². The molecule has 0 aliphatic rings. The average Bonchev–Trinajstić information content (AvgIpc) is 3.01. The smallest absolute Gasteiger partial charge is 0.446 e. The van der Waals surface area contributed by atoms with Crippen molar-refractivity contribution < 1.29 is 31.1 Å². The van der Waals surface area contributed by atoms with E-state index in [1.54, 1.807) is 30.3 Å². The van der Waals surface area contributed by atoms with E-state index in [9.17, 15) is 31.6 Å². The molecule has 168 valence electrons. The fourth-order valence-electron chi connectivity index (χ4n) is 2.60. The van der Waals surface area contributed by atoms with Crippen molar-refractivity contribution in [3.05, 3.63) is 69.3 Å². The molecular weight excluding hydrogens is 503 g/mol. The van der Waals surface area contributed by atoms with Crippen molar-refractivity contribution in [3.8, 4) is 17.6 Å². The van der Waals surface area contributed by atoms with Crippen molar-refractivity contribution in [1.82, 2.24) is 9.78 Å². The van der Waals surface area contributed by atoms with Crippen molar-refractivity contribution in [2.45, 2.75) is 23.2 Å². The zero-order valence-electron chi connectivity index (χ0n) is 15.4. The molecule has 2 aromatic carbocycles. The minimum Gasteiger partial charge on any atom is -0.472 e. The Morgan fingerprint density at radius 2 is 1.62 bits per heavy atom. The number of hydrogen-bond donors (Lipinski definition) is 0. The molecule has 0 spiro atoms. The van der Waals surface area contributed by atoms with Crippen LogP contribution in [0, 0.1) is 11.3 Å². The highest BCUT2D eigenvalue weighted by molar-refractivity contribution is 8.00. The first-order chi connectivity index (χ1) is 14.9. The minimum atomic E-state index is -4.81. The Labute approximate surface area is 191 Å². The first-order valence-corrected chi connectivity index (χ1v) is 10.00. The molecule has 0 bridgehead atoms. The summed E-state index contributed by atoms with van der Waals surface area (Å²) in [5.74, 6) is -0.545. The lowest BCUT2D eigenvalue weighted by Crippen LogP contribution is -2.09. The Bertz CT molecular complexity index is 1150. The fourth-order valence-corrected chi connectivity index (χ4v) is 3.90. The fraction of sp³-hybridized carbons (Fsp3) is 0.158. The van der Waals surface area contributed by atoms with Crippen molar-refractivity contribution in [2.24, 2.45) is 0 Å². The van der Waals surface area contributed by atoms with Crippen LogP contribution < -0.4 is 4.74 Å². The van der Waals surface area contributed by atoms with Gasteiger partial charge in [-0.05, 0) is 29.5 Å². The van der Waals surface area contributed by atoms with Gasteiger partial charge in [-0.1, -0.05) is 53.5 Å². The van der Waals surface area contributed by atoms with Gasteiger partial charge in [0.1, 0.15) is 23.3 Å². The third-order valence-corrected chi connectivity index (χ3v) is 5.28. The summed E-state index contributed by atoms with van der Waals surface area (Å²) in [5, 5.41) is 12.0. The van der Waals surface area contributed by atoms with Crippen LogP contribution in [0.2, 0.25) is 10.0 Å². The maximum absolute atomic E-state index is 13.1. The van der Waals surface area contributed by atoms with Gasteiger partial charge in [-0.2, -0.15) is 41.4 Å². The van der Waals surface area contributed by atoms with Crippen LogP contribution in [0.15, 0.2) is 47.4 Å². The highest BCUT2D eigenvalue weighted by Gasteiger charge is 2.37. The molecule has 0 atom stereocenters. The average molecular weight is 512 g/mol. The molecule has 0 N–H and O–H groups in total. The van der Waals surface area contributed by atoms with E-state index in [-0.39, 0.29) is 12.3 Å². The van der Waals surface area contributed by atoms with E-state index < -0.39 is 55.5 Å². The summed E-state index contributed by atoms with van der Waals surface area (Å²) in [5.41, 5.74) is -6.43. The third-order valence-electron chi connectivity index (χ3n) is 3.90. The molecule has 3 aromatic rings. The number of thioether (sulfide) groups is 1. The van der Waals surface area contributed by atoms with E-state index >= 15 is 0 Å². The molecule has 0 fully saturated rings. The predicted octanol–water partition coefficient (Wildman–Crippen LogP) is 7.26. The van der Waals surface area contributed by atoms with Crippen LogP contribution in [0.3, 0.4) is 0 Å². The molecule has 0 radical (unpaired) electrons. The first-order valence-electron chi connectivity index (χ1n) is 8.43. The van der Waals surface area contributed by atoms with Gasteiger partial charge in [0.25, 0.3) is 0 Å². The maximum Gasteiger partial charge on any atom is 0.446 e. The number of nitriles is 1. The van der Waals surface area contributed by atoms with Crippen LogP contribution >= 0.6 is 35.0 Å². The second-order valence-corrected chi connectivity index (χ2v) is 8.00. The first kappa shape index (κ1) is 24.1. The van der Waals surface area contributed by atoms with Crippen LogP contribution in [-0.2, 0) is 12.8 Å². The van der Waals surface area contributed by atoms with Gasteiger partial charge in [-0.15, -0.1) is 0 Å². The normalized spacial score (nSPS) is 12.0. The second kappa shape index (κ2) is 9.13. The molecular formula is C19H9Cl2F6N3OS. The molecule has 1 aromatic heterocycles. The van der Waals surface area contributed by atoms with Crippen molar-refractivity contribution in [2.75, 3.05) is 0 Å². The molecule has 32 heavy (non-hydrogen) atoms. The third kappa shape index (κ3) is 5.43. The Morgan fingerprint density at radius 1 is 1.03 bits per heavy atom. The topological polar surface area (TPSA) is 50.8 Å². The zero-order valence-corrected chi connectivity index (χ0v) is 17.8. The molecule has 0 unspecified atom stereocenters. The van der Waals surface area contributed by atoms with Gasteiger partial charge in [0, 0.05) is 0 Å². The molecule has 13 heteroatoms. The molecule has 4 nitrogen and oxygen atoms in total. The van der Waals surface area contributed by atoms with E-state index in [1.165, 1.54) is 6.07 Å². The molecule has 3 rings (SSSR count). The second-order valence-electron chi connectivity index (χ2n) is 6.11. The summed E-state index contributed by atoms with van der Waals surface area (Å²) < 4.78 is 84.8. The molecule has 0 saturated heterocycles. The predicted molar refractivity (Wildman–Crippen MR) is 106 cm³/mol. The van der Waals surface area contributed by atoms with Crippen LogP contribution in [0.25, 0.3) is 5.69 Å². The Morgan fingerprint density at radius 3 is 2.12 bits per heavy atom. The summed E-state index contributed by atoms with van der Waals surface area (Å²) in [6, 6.07) is 11.0. The number of hydrogen-bond acceptors (Lipinski definition) is 4. The summed E-state index contributed by atoms with van der Waals surface area (Å²) in [4.78, 5) is -0.678. The lowest BCUT2D eigenvalue weighted by molar-refractivity contribution is -0.137. The van der Waals surface area contributed by atoms with Crippen molar-refractivity contribution in [1.29, 1.82) is 5.26 Å². The van der Waals surface area contributed by atoms with Gasteiger partial charge >= 0.3 is 11.7 Å². The van der Waals surface area contributed by atoms with Crippen LogP contribution in [0.4, 0.5) is 26.3 Å². The zero-order chi connectivity index (χ0) is 23.7. The van der Waals surface area contributed by atoms with E-state index in [1.807, 2.05) is 0 Å². The lowest BCUT2D eigenvalue weighted by atomic mass is 10.2. The Kier molecular flexibility index (Phi) is 6.88. The van der Waals surface area contributed by atoms with E-state index in [0.29, 0.717) is 22.4 Å². The quantitative estimate of drug-likeness (QED) is 0.267. The highest BCUT2D eigenvalue weighted by Crippen LogP contribution is 2.46. The molecule has 0 amide bonds. The summed E-state index contributed by atoms with van der Waals surface area (Å²) >= 11 is 11.3. The minimum absolute atomic E-state index is 0.224. The van der Waals surface area contributed by atoms with Crippen molar-refractivity contribution in [3.63, 3.8) is 0 Å². The number of benzene rings is 2. The summed E-state index contributed by atoms with van der Waals surface area (Å²) in [6.07, 6.45) is -4.77. The standard InChI is InChI=1S/C19H9Cl2F6N3OS/c20-12-6-11(18(22,23)24)7-13(21)15(12)30-17(31-9-10-4-2-1-3-5-10)16(14(8-28)29-30)32-19(25,26)27/h1-7H,9H2. The van der Waals surface area contributed by atoms with Gasteiger partial charge in [-0.25, -0.2) is 0 Å². The number of rotatable bonds is 5. The number of alkyl halides is 6. The monoisotopic (exact) mass is 511 g/mol. The largest absolute Gasteiger partial charge is 0.472 e. The SMILES string of the molecule is N#Cc1nn(-c2c(Cl)cc(C(F)(F)F)cc2Cl)c(OCc2ccccc2)c1SC(F)(F)F. The Hall–Kier alpha value is -2.55. The lowest BCUT2D eigenvalue weighted by Gasteiger charge is -2.15. The van der Waals surface area contributed by atoms with Gasteiger partial charge < -0.3 is 4.74 Å². The summed E-state index contributed by atoms with van der Waals surface area (Å²) in [6.45, 7) is -0.224. The van der Waals surface area contributed by atoms with E-state index in [2.05, 4.69) is 5.10 Å². The molecule has 0 aliphatic carbocycles. The number of halogens is 8. The van der Waals surface area contributed by atoms with Crippen LogP contribution in [0.1, 0.15) is 16.8 Å². The molecule has 0 saturated carbocycles. The molecule has 1 heterocycles. The van der Waals surface area contributed by atoms with E-state index in [0.717, 1.165) is 0 Å². The maximum atomic E-state index is 13.1. The van der Waals surface area contributed by atoms with Gasteiger partial charge in [0.05, 0.1) is 15.6 Å². The van der Waals surface area contributed by atoms with Gasteiger partial charge in [0.15, 0.2) is 5.69 Å². The van der Waals surface area contributed by atoms with E-state index in [4.69, 9.17) is 27.9 Å². The number of aromatic nitrogens is 2. The van der Waals surface area contributed by atoms with Crippen LogP contribution in [0.5, 0.6) is 5.88 Å². The van der Waals surface area contributed by atoms with Crippen molar-refractivity contribution >= 4 is 35.0 Å². The van der Waals surface area contributed by atoms with Gasteiger partial charge in [0.2, 0.25) is 5.88 Å².